The summed E-state index contributed by atoms with van der Waals surface area (Å²) >= 11 is 0. The molecule has 3 N–H and O–H groups in total. The summed E-state index contributed by atoms with van der Waals surface area (Å²) in [5.41, 5.74) is 7.85. The maximum absolute atomic E-state index is 14.4. The lowest BCUT2D eigenvalue weighted by Gasteiger charge is -2.38. The molecular formula is C30H26F2N8O3. The summed E-state index contributed by atoms with van der Waals surface area (Å²) in [5, 5.41) is 3.51. The number of fused-ring (bicyclic) bond motifs is 1. The summed E-state index contributed by atoms with van der Waals surface area (Å²) in [6, 6.07) is 17.2. The molecule has 1 aliphatic rings. The monoisotopic (exact) mass is 584 g/mol. The predicted molar refractivity (Wildman–Crippen MR) is 156 cm³/mol. The molecule has 43 heavy (non-hydrogen) atoms. The molecule has 0 aliphatic carbocycles. The lowest BCUT2D eigenvalue weighted by molar-refractivity contribution is -0.113. The average Bonchev–Trinajstić information content (AvgIpc) is 2.99. The minimum absolute atomic E-state index is 0.0279. The zero-order chi connectivity index (χ0) is 30.3. The molecule has 0 bridgehead atoms. The molecule has 218 valence electrons. The Hall–Kier alpha value is -5.46. The van der Waals surface area contributed by atoms with Crippen molar-refractivity contribution >= 4 is 28.6 Å². The van der Waals surface area contributed by atoms with Crippen molar-refractivity contribution < 1.29 is 18.3 Å². The van der Waals surface area contributed by atoms with Crippen LogP contribution in [0.5, 0.6) is 5.88 Å². The van der Waals surface area contributed by atoms with Gasteiger partial charge in [0.1, 0.15) is 17.2 Å². The molecule has 0 spiro atoms. The van der Waals surface area contributed by atoms with Crippen molar-refractivity contribution in [3.63, 3.8) is 0 Å². The second-order valence-electron chi connectivity index (χ2n) is 10.1. The number of nitrogens with zero attached hydrogens (tertiary/aromatic N) is 6. The highest BCUT2D eigenvalue weighted by molar-refractivity contribution is 5.99. The summed E-state index contributed by atoms with van der Waals surface area (Å²) in [6.07, 6.45) is 2.80. The van der Waals surface area contributed by atoms with Gasteiger partial charge in [0, 0.05) is 18.5 Å². The van der Waals surface area contributed by atoms with Gasteiger partial charge in [-0.3, -0.25) is 14.2 Å². The number of hydrogen-bond donors (Lipinski definition) is 2. The largest absolute Gasteiger partial charge is 0.481 e. The normalized spacial score (nSPS) is 14.7. The van der Waals surface area contributed by atoms with Gasteiger partial charge >= 0.3 is 0 Å². The van der Waals surface area contributed by atoms with Crippen LogP contribution < -0.4 is 21.3 Å². The van der Waals surface area contributed by atoms with E-state index >= 15 is 0 Å². The van der Waals surface area contributed by atoms with Crippen LogP contribution in [-0.2, 0) is 0 Å². The second kappa shape index (κ2) is 10.7. The molecule has 1 saturated heterocycles. The quantitative estimate of drug-likeness (QED) is 0.289. The number of carbonyl (C=O) groups is 1. The van der Waals surface area contributed by atoms with Crippen molar-refractivity contribution in [3.8, 4) is 22.7 Å². The number of aromatic nitrogens is 5. The number of ether oxygens (including phenoxy) is 1. The van der Waals surface area contributed by atoms with Crippen LogP contribution in [0.25, 0.3) is 27.7 Å². The van der Waals surface area contributed by atoms with Gasteiger partial charge in [-0.2, -0.15) is 4.98 Å². The van der Waals surface area contributed by atoms with Crippen LogP contribution in [-0.4, -0.2) is 61.4 Å². The molecule has 3 aromatic heterocycles. The predicted octanol–water partition coefficient (Wildman–Crippen LogP) is 4.09. The molecule has 0 radical (unpaired) electrons. The van der Waals surface area contributed by atoms with E-state index in [-0.39, 0.29) is 22.9 Å². The van der Waals surface area contributed by atoms with Crippen LogP contribution >= 0.6 is 0 Å². The van der Waals surface area contributed by atoms with Crippen molar-refractivity contribution in [1.82, 2.24) is 29.4 Å². The minimum Gasteiger partial charge on any atom is -0.481 e. The lowest BCUT2D eigenvalue weighted by Crippen LogP contribution is -2.58. The van der Waals surface area contributed by atoms with Crippen LogP contribution in [0.3, 0.4) is 0 Å². The smallest absolute Gasteiger partial charge is 0.282 e. The lowest BCUT2D eigenvalue weighted by atomic mass is 10.0. The van der Waals surface area contributed by atoms with Gasteiger partial charge in [0.2, 0.25) is 11.8 Å². The molecule has 0 saturated carbocycles. The van der Waals surface area contributed by atoms with Gasteiger partial charge in [-0.1, -0.05) is 30.3 Å². The van der Waals surface area contributed by atoms with E-state index in [1.54, 1.807) is 61.7 Å². The third-order valence-electron chi connectivity index (χ3n) is 7.10. The molecule has 1 fully saturated rings. The number of benzene rings is 2. The first-order valence-electron chi connectivity index (χ1n) is 13.3. The number of anilines is 2. The Kier molecular flexibility index (Phi) is 6.92. The maximum atomic E-state index is 14.4. The molecule has 6 rings (SSSR count). The third-order valence-corrected chi connectivity index (χ3v) is 7.10. The fraction of sp³-hybridized carbons (Fsp3) is 0.200. The molecule has 2 aromatic carbocycles. The Labute approximate surface area is 244 Å². The highest BCUT2D eigenvalue weighted by Gasteiger charge is 2.47. The van der Waals surface area contributed by atoms with E-state index in [1.807, 2.05) is 12.1 Å². The van der Waals surface area contributed by atoms with Gasteiger partial charge in [0.15, 0.2) is 0 Å². The van der Waals surface area contributed by atoms with Gasteiger partial charge in [-0.25, -0.2) is 23.7 Å². The van der Waals surface area contributed by atoms with E-state index in [0.717, 1.165) is 10.5 Å². The zero-order valence-corrected chi connectivity index (χ0v) is 23.2. The Balaban J connectivity index is 1.48. The van der Waals surface area contributed by atoms with E-state index < -0.39 is 31.0 Å². The molecule has 4 heterocycles. The maximum Gasteiger partial charge on any atom is 0.282 e. The Morgan fingerprint density at radius 3 is 2.56 bits per heavy atom. The fourth-order valence-corrected chi connectivity index (χ4v) is 5.05. The highest BCUT2D eigenvalue weighted by Crippen LogP contribution is 2.32. The number of para-hydroxylation sites is 1. The highest BCUT2D eigenvalue weighted by atomic mass is 19.3. The van der Waals surface area contributed by atoms with Gasteiger partial charge in [0.05, 0.1) is 42.8 Å². The van der Waals surface area contributed by atoms with Crippen LogP contribution in [0.15, 0.2) is 77.9 Å². The Morgan fingerprint density at radius 1 is 1.07 bits per heavy atom. The molecule has 1 atom stereocenters. The number of amides is 1. The number of likely N-dealkylation sites (tertiary alicyclic amines) is 1. The van der Waals surface area contributed by atoms with Crippen LogP contribution in [0, 0.1) is 0 Å². The van der Waals surface area contributed by atoms with E-state index in [2.05, 4.69) is 20.3 Å². The third kappa shape index (κ3) is 5.20. The minimum atomic E-state index is -2.94. The summed E-state index contributed by atoms with van der Waals surface area (Å²) in [4.78, 5) is 45.6. The molecule has 13 heteroatoms. The van der Waals surface area contributed by atoms with Crippen LogP contribution in [0.1, 0.15) is 29.1 Å². The van der Waals surface area contributed by atoms with Gasteiger partial charge < -0.3 is 20.7 Å². The van der Waals surface area contributed by atoms with E-state index in [4.69, 9.17) is 15.5 Å². The standard InChI is InChI=1S/C30H26F2N8O3/c1-17(36-25-21(14-35-29(33)38-25)27(41)39-15-30(31,32)16-39)26-37-22-10-6-9-20(18-11-12-34-23(13-18)43-2)24(22)28(42)40(26)19-7-4-3-5-8-19/h3-14,17H,15-16H2,1-2H3,(H3,33,35,36,38)/t17-/m1/s1. The van der Waals surface area contributed by atoms with Gasteiger partial charge in [-0.15, -0.1) is 0 Å². The van der Waals surface area contributed by atoms with Crippen molar-refractivity contribution in [2.75, 3.05) is 31.2 Å². The molecule has 11 nitrogen and oxygen atoms in total. The fourth-order valence-electron chi connectivity index (χ4n) is 5.05. The van der Waals surface area contributed by atoms with Crippen molar-refractivity contribution in [3.05, 3.63) is 94.8 Å². The molecule has 0 unspecified atom stereocenters. The van der Waals surface area contributed by atoms with Gasteiger partial charge in [-0.05, 0) is 42.3 Å². The Bertz CT molecular complexity index is 1910. The molecule has 1 amide bonds. The van der Waals surface area contributed by atoms with E-state index in [0.29, 0.717) is 33.9 Å². The molecule has 5 aromatic rings. The summed E-state index contributed by atoms with van der Waals surface area (Å²) < 4.78 is 33.8. The number of nitrogen functional groups attached to an aromatic ring is 1. The average molecular weight is 585 g/mol. The number of halogens is 2. The van der Waals surface area contributed by atoms with Crippen molar-refractivity contribution in [1.29, 1.82) is 0 Å². The number of nitrogens with two attached hydrogens (primary N) is 1. The number of rotatable bonds is 7. The summed E-state index contributed by atoms with van der Waals surface area (Å²) in [5.74, 6) is -2.97. The molecule has 1 aliphatic heterocycles. The first kappa shape index (κ1) is 27.7. The first-order valence-corrected chi connectivity index (χ1v) is 13.3. The van der Waals surface area contributed by atoms with Crippen LogP contribution in [0.4, 0.5) is 20.5 Å². The summed E-state index contributed by atoms with van der Waals surface area (Å²) in [7, 11) is 1.52. The topological polar surface area (TPSA) is 141 Å². The number of carbonyl (C=O) groups excluding carboxylic acids is 1. The van der Waals surface area contributed by atoms with Gasteiger partial charge in [0.25, 0.3) is 17.4 Å². The van der Waals surface area contributed by atoms with Crippen molar-refractivity contribution in [2.24, 2.45) is 0 Å². The number of nitrogens with one attached hydrogen (secondary N) is 1. The SMILES string of the molecule is COc1cc(-c2cccc3nc([C@@H](C)Nc4nc(N)ncc4C(=O)N4CC(F)(F)C4)n(-c4ccccc4)c(=O)c23)ccn1. The molecular weight excluding hydrogens is 558 g/mol. The number of methoxy groups -OCH3 is 1. The number of pyridine rings is 1. The summed E-state index contributed by atoms with van der Waals surface area (Å²) in [6.45, 7) is 0.350. The zero-order valence-electron chi connectivity index (χ0n) is 23.2. The number of hydrogen-bond acceptors (Lipinski definition) is 9. The second-order valence-corrected chi connectivity index (χ2v) is 10.1. The van der Waals surface area contributed by atoms with E-state index in [9.17, 15) is 18.4 Å². The van der Waals surface area contributed by atoms with E-state index in [1.165, 1.54) is 17.9 Å². The van der Waals surface area contributed by atoms with Crippen molar-refractivity contribution in [2.45, 2.75) is 18.9 Å². The number of alkyl halides is 2. The Morgan fingerprint density at radius 2 is 1.84 bits per heavy atom. The first-order chi connectivity index (χ1) is 20.6. The van der Waals surface area contributed by atoms with Crippen LogP contribution in [0.2, 0.25) is 0 Å².